The molecule has 1 amide bonds. The van der Waals surface area contributed by atoms with Gasteiger partial charge in [-0.2, -0.15) is 13.2 Å². The smallest absolute Gasteiger partial charge is 0.348 e. The monoisotopic (exact) mass is 384 g/mol. The molecule has 140 valence electrons. The van der Waals surface area contributed by atoms with Crippen molar-refractivity contribution in [1.82, 2.24) is 10.6 Å². The van der Waals surface area contributed by atoms with Crippen LogP contribution in [0.15, 0.2) is 48.5 Å². The summed E-state index contributed by atoms with van der Waals surface area (Å²) in [5.74, 6) is -0.204. The molecule has 0 aliphatic carbocycles. The summed E-state index contributed by atoms with van der Waals surface area (Å²) in [5.41, 5.74) is 0.970. The average molecular weight is 385 g/mol. The Labute approximate surface area is 156 Å². The van der Waals surface area contributed by atoms with Gasteiger partial charge < -0.3 is 10.6 Å². The molecule has 3 nitrogen and oxygen atoms in total. The zero-order valence-electron chi connectivity index (χ0n) is 14.0. The van der Waals surface area contributed by atoms with Crippen LogP contribution in [0, 0.1) is 0 Å². The number of carbonyl (C=O) groups excluding carboxylic acids is 1. The van der Waals surface area contributed by atoms with E-state index in [0.29, 0.717) is 16.7 Å². The zero-order valence-corrected chi connectivity index (χ0v) is 14.8. The quantitative estimate of drug-likeness (QED) is 0.829. The van der Waals surface area contributed by atoms with E-state index in [4.69, 9.17) is 0 Å². The largest absolute Gasteiger partial charge is 0.416 e. The predicted molar refractivity (Wildman–Crippen MR) is 97.5 cm³/mol. The molecule has 1 unspecified atom stereocenters. The lowest BCUT2D eigenvalue weighted by Crippen LogP contribution is -2.45. The van der Waals surface area contributed by atoms with E-state index in [2.05, 4.69) is 10.6 Å². The Balaban J connectivity index is 0.00000243. The van der Waals surface area contributed by atoms with Gasteiger partial charge in [-0.05, 0) is 48.7 Å². The molecule has 2 aromatic carbocycles. The highest BCUT2D eigenvalue weighted by Crippen LogP contribution is 2.31. The summed E-state index contributed by atoms with van der Waals surface area (Å²) in [5, 5.41) is 6.24. The molecule has 7 heteroatoms. The molecule has 0 bridgehead atoms. The van der Waals surface area contributed by atoms with Gasteiger partial charge in [-0.15, -0.1) is 12.4 Å². The number of benzene rings is 2. The number of halogens is 4. The number of carbonyl (C=O) groups is 1. The summed E-state index contributed by atoms with van der Waals surface area (Å²) in [7, 11) is 0. The first kappa shape index (κ1) is 20.3. The molecule has 0 saturated carbocycles. The second-order valence-corrected chi connectivity index (χ2v) is 6.14. The van der Waals surface area contributed by atoms with Gasteiger partial charge >= 0.3 is 6.18 Å². The third kappa shape index (κ3) is 4.77. The van der Waals surface area contributed by atoms with Gasteiger partial charge in [0.05, 0.1) is 5.56 Å². The fourth-order valence-corrected chi connectivity index (χ4v) is 3.01. The Hall–Kier alpha value is -2.05. The van der Waals surface area contributed by atoms with Gasteiger partial charge in [0, 0.05) is 18.2 Å². The van der Waals surface area contributed by atoms with Crippen LogP contribution >= 0.6 is 12.4 Å². The lowest BCUT2D eigenvalue weighted by atomic mass is 9.97. The lowest BCUT2D eigenvalue weighted by molar-refractivity contribution is -0.137. The second-order valence-electron chi connectivity index (χ2n) is 6.14. The highest BCUT2D eigenvalue weighted by molar-refractivity contribution is 6.01. The standard InChI is InChI=1S/C19H19F3N2O.ClH/c20-19(21,22)14-9-7-13(8-10-14)16-5-1-2-6-17(16)18(25)24-15-4-3-11-23-12-15;/h1-2,5-10,15,23H,3-4,11-12H2,(H,24,25);1H. The predicted octanol–water partition coefficient (Wildman–Crippen LogP) is 4.28. The third-order valence-electron chi connectivity index (χ3n) is 4.33. The summed E-state index contributed by atoms with van der Waals surface area (Å²) in [4.78, 5) is 12.6. The van der Waals surface area contributed by atoms with Gasteiger partial charge in [-0.1, -0.05) is 30.3 Å². The SMILES string of the molecule is Cl.O=C(NC1CCCNC1)c1ccccc1-c1ccc(C(F)(F)F)cc1. The van der Waals surface area contributed by atoms with Crippen molar-refractivity contribution in [3.8, 4) is 11.1 Å². The van der Waals surface area contributed by atoms with Crippen LogP contribution < -0.4 is 10.6 Å². The maximum absolute atomic E-state index is 12.7. The summed E-state index contributed by atoms with van der Waals surface area (Å²) in [6, 6.07) is 11.9. The Morgan fingerprint density at radius 1 is 1.08 bits per heavy atom. The lowest BCUT2D eigenvalue weighted by Gasteiger charge is -2.24. The number of rotatable bonds is 3. The molecule has 1 aliphatic heterocycles. The van der Waals surface area contributed by atoms with Crippen LogP contribution in [0.3, 0.4) is 0 Å². The summed E-state index contributed by atoms with van der Waals surface area (Å²) >= 11 is 0. The van der Waals surface area contributed by atoms with Crippen molar-refractivity contribution in [3.63, 3.8) is 0 Å². The van der Waals surface area contributed by atoms with Crippen LogP contribution in [0.4, 0.5) is 13.2 Å². The van der Waals surface area contributed by atoms with Crippen molar-refractivity contribution in [2.24, 2.45) is 0 Å². The minimum absolute atomic E-state index is 0. The average Bonchev–Trinajstić information content (AvgIpc) is 2.62. The Kier molecular flexibility index (Phi) is 6.67. The minimum Gasteiger partial charge on any atom is -0.348 e. The maximum Gasteiger partial charge on any atom is 0.416 e. The highest BCUT2D eigenvalue weighted by atomic mass is 35.5. The summed E-state index contributed by atoms with van der Waals surface area (Å²) in [6.45, 7) is 1.68. The van der Waals surface area contributed by atoms with Crippen molar-refractivity contribution in [2.45, 2.75) is 25.1 Å². The van der Waals surface area contributed by atoms with Crippen molar-refractivity contribution in [2.75, 3.05) is 13.1 Å². The summed E-state index contributed by atoms with van der Waals surface area (Å²) in [6.07, 6.45) is -2.45. The first-order chi connectivity index (χ1) is 11.9. The van der Waals surface area contributed by atoms with Crippen LogP contribution in [0.1, 0.15) is 28.8 Å². The molecule has 1 saturated heterocycles. The van der Waals surface area contributed by atoms with Gasteiger partial charge in [0.1, 0.15) is 0 Å². The van der Waals surface area contributed by atoms with Crippen LogP contribution in [-0.2, 0) is 6.18 Å². The molecular weight excluding hydrogens is 365 g/mol. The number of amides is 1. The topological polar surface area (TPSA) is 41.1 Å². The van der Waals surface area contributed by atoms with Gasteiger partial charge in [-0.25, -0.2) is 0 Å². The first-order valence-corrected chi connectivity index (χ1v) is 8.23. The molecule has 3 rings (SSSR count). The fourth-order valence-electron chi connectivity index (χ4n) is 3.01. The Morgan fingerprint density at radius 2 is 1.77 bits per heavy atom. The number of hydrogen-bond acceptors (Lipinski definition) is 2. The summed E-state index contributed by atoms with van der Waals surface area (Å²) < 4.78 is 38.2. The number of piperidine rings is 1. The minimum atomic E-state index is -4.37. The van der Waals surface area contributed by atoms with Gasteiger partial charge in [0.2, 0.25) is 0 Å². The van der Waals surface area contributed by atoms with E-state index in [1.54, 1.807) is 24.3 Å². The van der Waals surface area contributed by atoms with Crippen molar-refractivity contribution in [3.05, 3.63) is 59.7 Å². The molecule has 0 aromatic heterocycles. The van der Waals surface area contributed by atoms with Crippen LogP contribution in [-0.4, -0.2) is 25.0 Å². The van der Waals surface area contributed by atoms with E-state index in [1.807, 2.05) is 0 Å². The molecule has 0 spiro atoms. The highest BCUT2D eigenvalue weighted by Gasteiger charge is 2.30. The van der Waals surface area contributed by atoms with E-state index in [1.165, 1.54) is 12.1 Å². The van der Waals surface area contributed by atoms with Crippen molar-refractivity contribution in [1.29, 1.82) is 0 Å². The fraction of sp³-hybridized carbons (Fsp3) is 0.316. The van der Waals surface area contributed by atoms with Gasteiger partial charge in [-0.3, -0.25) is 4.79 Å². The van der Waals surface area contributed by atoms with Gasteiger partial charge in [0.25, 0.3) is 5.91 Å². The Bertz CT molecular complexity index is 741. The zero-order chi connectivity index (χ0) is 17.9. The van der Waals surface area contributed by atoms with E-state index in [9.17, 15) is 18.0 Å². The van der Waals surface area contributed by atoms with E-state index >= 15 is 0 Å². The van der Waals surface area contributed by atoms with Crippen LogP contribution in [0.5, 0.6) is 0 Å². The molecule has 1 atom stereocenters. The second kappa shape index (κ2) is 8.56. The molecule has 1 fully saturated rings. The third-order valence-corrected chi connectivity index (χ3v) is 4.33. The number of hydrogen-bond donors (Lipinski definition) is 2. The molecule has 0 radical (unpaired) electrons. The van der Waals surface area contributed by atoms with E-state index < -0.39 is 11.7 Å². The number of alkyl halides is 3. The maximum atomic E-state index is 12.7. The Morgan fingerprint density at radius 3 is 2.38 bits per heavy atom. The van der Waals surface area contributed by atoms with Crippen molar-refractivity contribution >= 4 is 18.3 Å². The van der Waals surface area contributed by atoms with Crippen LogP contribution in [0.2, 0.25) is 0 Å². The van der Waals surface area contributed by atoms with E-state index in [0.717, 1.165) is 38.1 Å². The molecule has 2 aromatic rings. The van der Waals surface area contributed by atoms with Crippen molar-refractivity contribution < 1.29 is 18.0 Å². The van der Waals surface area contributed by atoms with E-state index in [-0.39, 0.29) is 24.4 Å². The molecule has 1 heterocycles. The molecular formula is C19H20ClF3N2O. The molecule has 2 N–H and O–H groups in total. The molecule has 1 aliphatic rings. The van der Waals surface area contributed by atoms with Gasteiger partial charge in [0.15, 0.2) is 0 Å². The molecule has 26 heavy (non-hydrogen) atoms. The van der Waals surface area contributed by atoms with Crippen LogP contribution in [0.25, 0.3) is 11.1 Å². The number of nitrogens with one attached hydrogen (secondary N) is 2. The first-order valence-electron chi connectivity index (χ1n) is 8.23. The normalized spacial score (nSPS) is 17.3.